The summed E-state index contributed by atoms with van der Waals surface area (Å²) >= 11 is 1.40. The first kappa shape index (κ1) is 17.2. The summed E-state index contributed by atoms with van der Waals surface area (Å²) in [4.78, 5) is 16.9. The molecule has 0 aliphatic carbocycles. The van der Waals surface area contributed by atoms with Gasteiger partial charge in [-0.05, 0) is 49.7 Å². The summed E-state index contributed by atoms with van der Waals surface area (Å²) in [5, 5.41) is 7.33. The highest BCUT2D eigenvalue weighted by atomic mass is 32.2. The molecule has 25 heavy (non-hydrogen) atoms. The van der Waals surface area contributed by atoms with Crippen LogP contribution >= 0.6 is 11.8 Å². The maximum absolute atomic E-state index is 13.2. The van der Waals surface area contributed by atoms with Crippen LogP contribution in [-0.4, -0.2) is 16.0 Å². The van der Waals surface area contributed by atoms with Crippen LogP contribution in [0.1, 0.15) is 27.4 Å². The predicted octanol–water partition coefficient (Wildman–Crippen LogP) is 4.37. The second-order valence-corrected chi connectivity index (χ2v) is 6.45. The van der Waals surface area contributed by atoms with E-state index in [1.165, 1.54) is 23.9 Å². The van der Waals surface area contributed by atoms with E-state index in [0.29, 0.717) is 27.6 Å². The lowest BCUT2D eigenvalue weighted by molar-refractivity contribution is 0.102. The Labute approximate surface area is 148 Å². The third-order valence-electron chi connectivity index (χ3n) is 3.49. The average molecular weight is 357 g/mol. The van der Waals surface area contributed by atoms with E-state index in [2.05, 4.69) is 15.5 Å². The number of aryl methyl sites for hydroxylation is 2. The Hall–Kier alpha value is -2.67. The Morgan fingerprint density at radius 2 is 2.12 bits per heavy atom. The van der Waals surface area contributed by atoms with Crippen molar-refractivity contribution in [3.63, 3.8) is 0 Å². The molecule has 0 fully saturated rings. The Bertz CT molecular complexity index is 911. The first-order valence-electron chi connectivity index (χ1n) is 7.60. The molecule has 3 aromatic rings. The van der Waals surface area contributed by atoms with E-state index >= 15 is 0 Å². The lowest BCUT2D eigenvalue weighted by atomic mass is 10.2. The fraction of sp³-hybridized carbons (Fsp3) is 0.167. The van der Waals surface area contributed by atoms with Gasteiger partial charge in [0.2, 0.25) is 0 Å². The van der Waals surface area contributed by atoms with Gasteiger partial charge in [-0.15, -0.1) is 0 Å². The lowest BCUT2D eigenvalue weighted by Gasteiger charge is -2.10. The summed E-state index contributed by atoms with van der Waals surface area (Å²) < 4.78 is 18.2. The molecule has 5 nitrogen and oxygen atoms in total. The molecule has 0 aliphatic rings. The molecule has 0 saturated heterocycles. The number of carbonyl (C=O) groups excluding carboxylic acids is 1. The van der Waals surface area contributed by atoms with Crippen molar-refractivity contribution in [3.05, 3.63) is 71.0 Å². The number of benzene rings is 1. The van der Waals surface area contributed by atoms with E-state index in [4.69, 9.17) is 4.52 Å². The van der Waals surface area contributed by atoms with Gasteiger partial charge in [-0.2, -0.15) is 0 Å². The van der Waals surface area contributed by atoms with Crippen molar-refractivity contribution in [2.75, 3.05) is 5.32 Å². The van der Waals surface area contributed by atoms with Crippen molar-refractivity contribution in [1.29, 1.82) is 0 Å². The van der Waals surface area contributed by atoms with E-state index in [1.54, 1.807) is 31.3 Å². The number of hydrogen-bond acceptors (Lipinski definition) is 5. The summed E-state index contributed by atoms with van der Waals surface area (Å²) in [5.41, 5.74) is 2.47. The molecule has 1 aromatic carbocycles. The van der Waals surface area contributed by atoms with E-state index in [9.17, 15) is 9.18 Å². The fourth-order valence-electron chi connectivity index (χ4n) is 2.26. The van der Waals surface area contributed by atoms with E-state index < -0.39 is 0 Å². The molecule has 0 saturated carbocycles. The summed E-state index contributed by atoms with van der Waals surface area (Å²) in [6.45, 7) is 3.57. The van der Waals surface area contributed by atoms with Crippen molar-refractivity contribution in [2.24, 2.45) is 0 Å². The van der Waals surface area contributed by atoms with Gasteiger partial charge in [0.1, 0.15) is 16.6 Å². The first-order chi connectivity index (χ1) is 12.0. The van der Waals surface area contributed by atoms with Crippen molar-refractivity contribution in [3.8, 4) is 0 Å². The molecule has 2 aromatic heterocycles. The van der Waals surface area contributed by atoms with Crippen LogP contribution in [0.2, 0.25) is 0 Å². The van der Waals surface area contributed by atoms with Gasteiger partial charge in [0.15, 0.2) is 0 Å². The van der Waals surface area contributed by atoms with Crippen molar-refractivity contribution in [1.82, 2.24) is 10.1 Å². The van der Waals surface area contributed by atoms with E-state index in [-0.39, 0.29) is 11.7 Å². The van der Waals surface area contributed by atoms with E-state index in [0.717, 1.165) is 11.5 Å². The van der Waals surface area contributed by atoms with Crippen LogP contribution in [-0.2, 0) is 5.75 Å². The van der Waals surface area contributed by atoms with Gasteiger partial charge < -0.3 is 9.84 Å². The maximum atomic E-state index is 13.2. The molecule has 0 unspecified atom stereocenters. The molecule has 0 bridgehead atoms. The summed E-state index contributed by atoms with van der Waals surface area (Å²) in [6.07, 6.45) is 1.64. The smallest absolute Gasteiger partial charge is 0.258 e. The Morgan fingerprint density at radius 3 is 2.84 bits per heavy atom. The van der Waals surface area contributed by atoms with Crippen molar-refractivity contribution in [2.45, 2.75) is 24.6 Å². The Morgan fingerprint density at radius 1 is 1.28 bits per heavy atom. The lowest BCUT2D eigenvalue weighted by Crippen LogP contribution is -2.14. The predicted molar refractivity (Wildman–Crippen MR) is 94.1 cm³/mol. The number of anilines is 1. The van der Waals surface area contributed by atoms with Gasteiger partial charge in [-0.25, -0.2) is 9.37 Å². The topological polar surface area (TPSA) is 68.0 Å². The molecule has 128 valence electrons. The average Bonchev–Trinajstić information content (AvgIpc) is 3.01. The zero-order chi connectivity index (χ0) is 17.8. The highest BCUT2D eigenvalue weighted by Gasteiger charge is 2.15. The molecule has 7 heteroatoms. The van der Waals surface area contributed by atoms with Gasteiger partial charge in [0.05, 0.1) is 11.3 Å². The molecular formula is C18H16FN3O2S. The van der Waals surface area contributed by atoms with Gasteiger partial charge >= 0.3 is 0 Å². The second-order valence-electron chi connectivity index (χ2n) is 5.49. The largest absolute Gasteiger partial charge is 0.361 e. The number of nitrogens with one attached hydrogen (secondary N) is 1. The molecule has 1 N–H and O–H groups in total. The Balaban J connectivity index is 1.76. The van der Waals surface area contributed by atoms with Crippen molar-refractivity contribution < 1.29 is 13.7 Å². The highest BCUT2D eigenvalue weighted by molar-refractivity contribution is 7.98. The first-order valence-corrected chi connectivity index (χ1v) is 8.59. The van der Waals surface area contributed by atoms with Crippen LogP contribution in [0, 0.1) is 19.7 Å². The van der Waals surface area contributed by atoms with Crippen LogP contribution in [0.25, 0.3) is 0 Å². The summed E-state index contributed by atoms with van der Waals surface area (Å²) in [5.74, 6) is 0.656. The summed E-state index contributed by atoms with van der Waals surface area (Å²) in [7, 11) is 0. The zero-order valence-electron chi connectivity index (χ0n) is 13.7. The van der Waals surface area contributed by atoms with Gasteiger partial charge in [-0.3, -0.25) is 4.79 Å². The van der Waals surface area contributed by atoms with Crippen LogP contribution in [0.5, 0.6) is 0 Å². The molecule has 0 radical (unpaired) electrons. The quantitative estimate of drug-likeness (QED) is 0.687. The molecular weight excluding hydrogens is 341 g/mol. The van der Waals surface area contributed by atoms with E-state index in [1.807, 2.05) is 13.0 Å². The van der Waals surface area contributed by atoms with Gasteiger partial charge in [0, 0.05) is 23.7 Å². The second kappa shape index (κ2) is 7.48. The number of hydrogen-bond donors (Lipinski definition) is 1. The molecule has 2 heterocycles. The minimum absolute atomic E-state index is 0.290. The number of rotatable bonds is 5. The van der Waals surface area contributed by atoms with Crippen molar-refractivity contribution >= 4 is 23.4 Å². The van der Waals surface area contributed by atoms with Gasteiger partial charge in [0.25, 0.3) is 5.91 Å². The number of aromatic nitrogens is 2. The number of nitrogens with zero attached hydrogens (tertiary/aromatic N) is 2. The number of pyridine rings is 1. The van der Waals surface area contributed by atoms with Crippen LogP contribution in [0.4, 0.5) is 10.1 Å². The minimum atomic E-state index is -0.337. The van der Waals surface area contributed by atoms with Crippen LogP contribution in [0.3, 0.4) is 0 Å². The maximum Gasteiger partial charge on any atom is 0.258 e. The minimum Gasteiger partial charge on any atom is -0.361 e. The standard InChI is InChI=1S/C18H16FN3O2S/c1-11-8-13(19)5-6-16(11)21-17(23)15-4-3-7-20-18(15)25-10-14-9-12(2)24-22-14/h3-9H,10H2,1-2H3,(H,21,23). The van der Waals surface area contributed by atoms with Crippen LogP contribution in [0.15, 0.2) is 52.1 Å². The van der Waals surface area contributed by atoms with Crippen LogP contribution < -0.4 is 5.32 Å². The molecule has 1 amide bonds. The molecule has 0 atom stereocenters. The Kier molecular flexibility index (Phi) is 5.14. The highest BCUT2D eigenvalue weighted by Crippen LogP contribution is 2.25. The summed E-state index contributed by atoms with van der Waals surface area (Å²) in [6, 6.07) is 9.49. The third kappa shape index (κ3) is 4.24. The third-order valence-corrected chi connectivity index (χ3v) is 4.52. The van der Waals surface area contributed by atoms with Gasteiger partial charge in [-0.1, -0.05) is 16.9 Å². The SMILES string of the molecule is Cc1cc(CSc2ncccc2C(=O)Nc2ccc(F)cc2C)no1. The zero-order valence-corrected chi connectivity index (χ0v) is 14.6. The normalized spacial score (nSPS) is 10.7. The number of halogens is 1. The monoisotopic (exact) mass is 357 g/mol. The number of thioether (sulfide) groups is 1. The number of amides is 1. The number of carbonyl (C=O) groups is 1. The molecule has 3 rings (SSSR count). The molecule has 0 aliphatic heterocycles. The molecule has 0 spiro atoms. The fourth-order valence-corrected chi connectivity index (χ4v) is 3.14.